The summed E-state index contributed by atoms with van der Waals surface area (Å²) in [6.45, 7) is 0.380. The number of benzene rings is 3. The van der Waals surface area contributed by atoms with Gasteiger partial charge in [0.1, 0.15) is 11.1 Å². The fourth-order valence-electron chi connectivity index (χ4n) is 3.94. The highest BCUT2D eigenvalue weighted by molar-refractivity contribution is 8.00. The summed E-state index contributed by atoms with van der Waals surface area (Å²) >= 11 is 7.58. The summed E-state index contributed by atoms with van der Waals surface area (Å²) in [5.74, 6) is 0.780. The lowest BCUT2D eigenvalue weighted by Crippen LogP contribution is -2.27. The molecule has 1 aliphatic rings. The second-order valence-corrected chi connectivity index (χ2v) is 11.6. The maximum atomic E-state index is 12.8. The lowest BCUT2D eigenvalue weighted by atomic mass is 10.1. The van der Waals surface area contributed by atoms with Crippen LogP contribution in [0.1, 0.15) is 27.1 Å². The van der Waals surface area contributed by atoms with Gasteiger partial charge in [0.2, 0.25) is 5.91 Å². The van der Waals surface area contributed by atoms with Gasteiger partial charge in [-0.05, 0) is 66.2 Å². The molecule has 11 heteroatoms. The average molecular weight is 568 g/mol. The third-order valence-electron chi connectivity index (χ3n) is 5.87. The van der Waals surface area contributed by atoms with Crippen LogP contribution in [-0.2, 0) is 21.4 Å². The normalized spacial score (nSPS) is 15.4. The van der Waals surface area contributed by atoms with Gasteiger partial charge in [-0.1, -0.05) is 35.9 Å². The summed E-state index contributed by atoms with van der Waals surface area (Å²) in [5.41, 5.74) is 2.05. The molecule has 1 atom stereocenters. The molecule has 194 valence electrons. The number of nitrogens with zero attached hydrogens (tertiary/aromatic N) is 1. The molecule has 2 heterocycles. The second kappa shape index (κ2) is 10.9. The van der Waals surface area contributed by atoms with E-state index in [-0.39, 0.29) is 32.8 Å². The van der Waals surface area contributed by atoms with Crippen LogP contribution in [0.25, 0.3) is 0 Å². The molecule has 0 radical (unpaired) electrons. The van der Waals surface area contributed by atoms with Crippen LogP contribution in [0.3, 0.4) is 0 Å². The van der Waals surface area contributed by atoms with Crippen LogP contribution in [0, 0.1) is 0 Å². The first-order valence-electron chi connectivity index (χ1n) is 11.5. The molecule has 38 heavy (non-hydrogen) atoms. The van der Waals surface area contributed by atoms with E-state index in [2.05, 4.69) is 10.0 Å². The highest BCUT2D eigenvalue weighted by Gasteiger charge is 2.33. The van der Waals surface area contributed by atoms with E-state index in [0.717, 1.165) is 5.56 Å². The van der Waals surface area contributed by atoms with E-state index in [4.69, 9.17) is 16.0 Å². The monoisotopic (exact) mass is 567 g/mol. The van der Waals surface area contributed by atoms with Crippen LogP contribution in [0.2, 0.25) is 5.02 Å². The molecule has 1 aromatic heterocycles. The first-order valence-corrected chi connectivity index (χ1v) is 14.4. The Hall–Kier alpha value is -3.73. The number of carbonyl (C=O) groups is 2. The number of amides is 2. The quantitative estimate of drug-likeness (QED) is 0.280. The van der Waals surface area contributed by atoms with E-state index >= 15 is 0 Å². The summed E-state index contributed by atoms with van der Waals surface area (Å²) in [5, 5.41) is 2.89. The summed E-state index contributed by atoms with van der Waals surface area (Å²) in [6.07, 6.45) is 1.58. The van der Waals surface area contributed by atoms with Crippen molar-refractivity contribution in [2.24, 2.45) is 0 Å². The Morgan fingerprint density at radius 3 is 2.42 bits per heavy atom. The van der Waals surface area contributed by atoms with E-state index in [0.29, 0.717) is 29.3 Å². The third kappa shape index (κ3) is 5.72. The fourth-order valence-corrected chi connectivity index (χ4v) is 6.45. The molecule has 0 saturated carbocycles. The van der Waals surface area contributed by atoms with E-state index < -0.39 is 10.0 Å². The number of para-hydroxylation sites is 1. The van der Waals surface area contributed by atoms with Crippen LogP contribution in [0.4, 0.5) is 11.4 Å². The Kier molecular flexibility index (Phi) is 7.46. The van der Waals surface area contributed by atoms with Crippen LogP contribution >= 0.6 is 23.4 Å². The van der Waals surface area contributed by atoms with Crippen molar-refractivity contribution in [1.82, 2.24) is 4.90 Å². The average Bonchev–Trinajstić information content (AvgIpc) is 3.56. The number of rotatable bonds is 8. The van der Waals surface area contributed by atoms with E-state index in [1.807, 2.05) is 18.2 Å². The summed E-state index contributed by atoms with van der Waals surface area (Å²) in [7, 11) is -3.85. The number of hydrogen-bond donors (Lipinski definition) is 2. The molecular weight excluding hydrogens is 546 g/mol. The van der Waals surface area contributed by atoms with Crippen LogP contribution < -0.4 is 10.0 Å². The molecule has 4 aromatic rings. The second-order valence-electron chi connectivity index (χ2n) is 8.45. The molecule has 1 saturated heterocycles. The maximum absolute atomic E-state index is 12.8. The first kappa shape index (κ1) is 25.9. The van der Waals surface area contributed by atoms with Gasteiger partial charge in [-0.2, -0.15) is 0 Å². The van der Waals surface area contributed by atoms with Crippen molar-refractivity contribution >= 4 is 56.6 Å². The number of furan rings is 1. The SMILES string of the molecule is O=C(Nc1ccc(S(=O)(=O)Nc2ccccc2Cl)cc1)c1ccc([C@@H]2SCC(=O)N2Cc2ccco2)cc1. The Bertz CT molecular complexity index is 1560. The van der Waals surface area contributed by atoms with Gasteiger partial charge in [0.25, 0.3) is 15.9 Å². The minimum absolute atomic E-state index is 0.0301. The van der Waals surface area contributed by atoms with E-state index in [1.165, 1.54) is 36.0 Å². The Labute approximate surface area is 229 Å². The zero-order valence-corrected chi connectivity index (χ0v) is 22.2. The first-order chi connectivity index (χ1) is 18.3. The molecule has 3 aromatic carbocycles. The number of halogens is 1. The topological polar surface area (TPSA) is 109 Å². The number of nitrogens with one attached hydrogen (secondary N) is 2. The number of carbonyl (C=O) groups excluding carboxylic acids is 2. The summed E-state index contributed by atoms with van der Waals surface area (Å²) in [4.78, 5) is 27.0. The van der Waals surface area contributed by atoms with Crippen LogP contribution in [-0.4, -0.2) is 30.9 Å². The van der Waals surface area contributed by atoms with Gasteiger partial charge in [-0.25, -0.2) is 8.42 Å². The molecule has 1 fully saturated rings. The maximum Gasteiger partial charge on any atom is 0.261 e. The Morgan fingerprint density at radius 1 is 1.00 bits per heavy atom. The van der Waals surface area contributed by atoms with Crippen molar-refractivity contribution in [3.8, 4) is 0 Å². The van der Waals surface area contributed by atoms with Crippen molar-refractivity contribution in [3.05, 3.63) is 113 Å². The van der Waals surface area contributed by atoms with Crippen molar-refractivity contribution in [2.45, 2.75) is 16.8 Å². The number of thioether (sulfide) groups is 1. The number of sulfonamides is 1. The standard InChI is InChI=1S/C27H22ClN3O5S2/c28-23-5-1-2-6-24(23)30-38(34,35)22-13-11-20(12-14-22)29-26(33)18-7-9-19(10-8-18)27-31(25(32)17-37-27)16-21-4-3-15-36-21/h1-15,27,30H,16-17H2,(H,29,33)/t27-/m0/s1. The molecule has 0 unspecified atom stereocenters. The third-order valence-corrected chi connectivity index (χ3v) is 8.84. The van der Waals surface area contributed by atoms with Gasteiger partial charge in [0, 0.05) is 11.3 Å². The van der Waals surface area contributed by atoms with Crippen LogP contribution in [0.15, 0.2) is 101 Å². The molecule has 5 rings (SSSR count). The summed E-state index contributed by atoms with van der Waals surface area (Å²) in [6, 6.07) is 23.1. The van der Waals surface area contributed by atoms with Crippen molar-refractivity contribution in [1.29, 1.82) is 0 Å². The highest BCUT2D eigenvalue weighted by Crippen LogP contribution is 2.39. The zero-order chi connectivity index (χ0) is 26.7. The van der Waals surface area contributed by atoms with Gasteiger partial charge < -0.3 is 14.6 Å². The van der Waals surface area contributed by atoms with E-state index in [1.54, 1.807) is 53.6 Å². The minimum Gasteiger partial charge on any atom is -0.467 e. The largest absolute Gasteiger partial charge is 0.467 e. The van der Waals surface area contributed by atoms with Crippen molar-refractivity contribution < 1.29 is 22.4 Å². The van der Waals surface area contributed by atoms with Gasteiger partial charge in [0.15, 0.2) is 0 Å². The predicted molar refractivity (Wildman–Crippen MR) is 148 cm³/mol. The highest BCUT2D eigenvalue weighted by atomic mass is 35.5. The number of anilines is 2. The molecule has 0 bridgehead atoms. The zero-order valence-electron chi connectivity index (χ0n) is 19.8. The Morgan fingerprint density at radius 2 is 1.74 bits per heavy atom. The smallest absolute Gasteiger partial charge is 0.261 e. The van der Waals surface area contributed by atoms with Gasteiger partial charge in [-0.15, -0.1) is 11.8 Å². The fraction of sp³-hybridized carbons (Fsp3) is 0.111. The predicted octanol–water partition coefficient (Wildman–Crippen LogP) is 5.76. The van der Waals surface area contributed by atoms with E-state index in [9.17, 15) is 18.0 Å². The van der Waals surface area contributed by atoms with Crippen molar-refractivity contribution in [3.63, 3.8) is 0 Å². The Balaban J connectivity index is 1.23. The molecule has 8 nitrogen and oxygen atoms in total. The molecule has 2 N–H and O–H groups in total. The molecule has 1 aliphatic heterocycles. The van der Waals surface area contributed by atoms with Crippen molar-refractivity contribution in [2.75, 3.05) is 15.8 Å². The minimum atomic E-state index is -3.85. The molecule has 0 spiro atoms. The number of hydrogen-bond acceptors (Lipinski definition) is 6. The van der Waals surface area contributed by atoms with Gasteiger partial charge in [-0.3, -0.25) is 14.3 Å². The summed E-state index contributed by atoms with van der Waals surface area (Å²) < 4.78 is 33.2. The lowest BCUT2D eigenvalue weighted by Gasteiger charge is -2.23. The van der Waals surface area contributed by atoms with Gasteiger partial charge >= 0.3 is 0 Å². The molecule has 2 amide bonds. The molecule has 0 aliphatic carbocycles. The van der Waals surface area contributed by atoms with Gasteiger partial charge in [0.05, 0.1) is 34.2 Å². The lowest BCUT2D eigenvalue weighted by molar-refractivity contribution is -0.128. The molecular formula is C27H22ClN3O5S2. The van der Waals surface area contributed by atoms with Crippen LogP contribution in [0.5, 0.6) is 0 Å².